The Hall–Kier alpha value is -0.380. The van der Waals surface area contributed by atoms with Gasteiger partial charge in [-0.25, -0.2) is 0 Å². The van der Waals surface area contributed by atoms with E-state index >= 15 is 0 Å². The van der Waals surface area contributed by atoms with E-state index in [1.54, 1.807) is 7.11 Å². The highest BCUT2D eigenvalue weighted by Crippen LogP contribution is 2.43. The first-order valence-corrected chi connectivity index (χ1v) is 5.31. The summed E-state index contributed by atoms with van der Waals surface area (Å²) >= 11 is 0. The number of hydrogen-bond acceptors (Lipinski definition) is 3. The van der Waals surface area contributed by atoms with Crippen molar-refractivity contribution in [2.75, 3.05) is 13.7 Å². The number of hydrogen-bond donors (Lipinski definition) is 1. The highest BCUT2D eigenvalue weighted by molar-refractivity contribution is 5.00. The molecule has 0 aromatic carbocycles. The van der Waals surface area contributed by atoms with Crippen molar-refractivity contribution >= 4 is 0 Å². The molecule has 80 valence electrons. The average molecular weight is 198 g/mol. The van der Waals surface area contributed by atoms with Gasteiger partial charge in [-0.15, -0.1) is 0 Å². The summed E-state index contributed by atoms with van der Waals surface area (Å²) in [7, 11) is 1.70. The summed E-state index contributed by atoms with van der Waals surface area (Å²) in [4.78, 5) is 0. The zero-order chi connectivity index (χ0) is 9.97. The van der Waals surface area contributed by atoms with Gasteiger partial charge in [0.1, 0.15) is 0 Å². The Labute approximate surface area is 84.7 Å². The second-order valence-electron chi connectivity index (χ2n) is 4.09. The molecule has 0 amide bonds. The van der Waals surface area contributed by atoms with Crippen LogP contribution in [0.2, 0.25) is 0 Å². The number of aliphatic hydroxyl groups excluding tert-OH is 1. The summed E-state index contributed by atoms with van der Waals surface area (Å²) in [6.07, 6.45) is 7.66. The molecule has 1 N–H and O–H groups in total. The second-order valence-corrected chi connectivity index (χ2v) is 4.09. The van der Waals surface area contributed by atoms with Crippen molar-refractivity contribution < 1.29 is 14.6 Å². The molecule has 1 aliphatic heterocycles. The van der Waals surface area contributed by atoms with E-state index in [2.05, 4.69) is 6.08 Å². The fourth-order valence-electron chi connectivity index (χ4n) is 2.66. The minimum atomic E-state index is -0.00433. The van der Waals surface area contributed by atoms with E-state index < -0.39 is 0 Å². The van der Waals surface area contributed by atoms with Crippen molar-refractivity contribution in [1.82, 2.24) is 0 Å². The number of allylic oxidation sites excluding steroid dienone is 1. The van der Waals surface area contributed by atoms with Crippen LogP contribution in [-0.2, 0) is 9.47 Å². The summed E-state index contributed by atoms with van der Waals surface area (Å²) in [5.41, 5.74) is 0. The molecule has 2 fully saturated rings. The van der Waals surface area contributed by atoms with Gasteiger partial charge >= 0.3 is 0 Å². The van der Waals surface area contributed by atoms with E-state index in [-0.39, 0.29) is 12.9 Å². The monoisotopic (exact) mass is 198 g/mol. The Balaban J connectivity index is 1.94. The lowest BCUT2D eigenvalue weighted by molar-refractivity contribution is -0.114. The highest BCUT2D eigenvalue weighted by Gasteiger charge is 2.43. The van der Waals surface area contributed by atoms with Crippen molar-refractivity contribution in [2.24, 2.45) is 11.8 Å². The van der Waals surface area contributed by atoms with Crippen LogP contribution in [0.1, 0.15) is 19.3 Å². The predicted molar refractivity (Wildman–Crippen MR) is 52.7 cm³/mol. The van der Waals surface area contributed by atoms with Gasteiger partial charge < -0.3 is 14.6 Å². The minimum Gasteiger partial charge on any atom is -0.392 e. The predicted octanol–water partition coefficient (Wildman–Crippen LogP) is 1.32. The van der Waals surface area contributed by atoms with Crippen molar-refractivity contribution in [3.05, 3.63) is 12.2 Å². The smallest absolute Gasteiger partial charge is 0.157 e. The van der Waals surface area contributed by atoms with Gasteiger partial charge in [-0.2, -0.15) is 0 Å². The quantitative estimate of drug-likeness (QED) is 0.695. The Kier molecular flexibility index (Phi) is 3.21. The number of aliphatic hydroxyl groups is 1. The van der Waals surface area contributed by atoms with E-state index in [1.807, 2.05) is 6.08 Å². The summed E-state index contributed by atoms with van der Waals surface area (Å²) < 4.78 is 10.9. The third-order valence-electron chi connectivity index (χ3n) is 3.35. The molecule has 0 bridgehead atoms. The SMILES string of the molecule is COC1CC2C(/C=C/CO)CCC2O1. The average Bonchev–Trinajstić information content (AvgIpc) is 2.74. The summed E-state index contributed by atoms with van der Waals surface area (Å²) in [6, 6.07) is 0. The minimum absolute atomic E-state index is 0.00433. The van der Waals surface area contributed by atoms with Gasteiger partial charge in [0, 0.05) is 13.5 Å². The zero-order valence-corrected chi connectivity index (χ0v) is 8.56. The Bertz CT molecular complexity index is 215. The van der Waals surface area contributed by atoms with Crippen LogP contribution in [0.3, 0.4) is 0 Å². The van der Waals surface area contributed by atoms with Crippen molar-refractivity contribution in [3.63, 3.8) is 0 Å². The third kappa shape index (κ3) is 1.85. The van der Waals surface area contributed by atoms with Crippen LogP contribution in [0.5, 0.6) is 0 Å². The summed E-state index contributed by atoms with van der Waals surface area (Å²) in [5, 5.41) is 8.72. The Morgan fingerprint density at radius 3 is 3.07 bits per heavy atom. The number of rotatable bonds is 3. The molecule has 0 aromatic rings. The summed E-state index contributed by atoms with van der Waals surface area (Å²) in [5.74, 6) is 1.18. The lowest BCUT2D eigenvalue weighted by Gasteiger charge is -2.12. The van der Waals surface area contributed by atoms with Crippen LogP contribution >= 0.6 is 0 Å². The molecule has 2 rings (SSSR count). The van der Waals surface area contributed by atoms with E-state index in [9.17, 15) is 0 Å². The molecule has 14 heavy (non-hydrogen) atoms. The van der Waals surface area contributed by atoms with Crippen LogP contribution in [-0.4, -0.2) is 31.2 Å². The zero-order valence-electron chi connectivity index (χ0n) is 8.56. The Morgan fingerprint density at radius 1 is 1.50 bits per heavy atom. The molecule has 4 unspecified atom stereocenters. The number of ether oxygens (including phenoxy) is 2. The van der Waals surface area contributed by atoms with Gasteiger partial charge in [-0.05, 0) is 24.7 Å². The fourth-order valence-corrected chi connectivity index (χ4v) is 2.66. The van der Waals surface area contributed by atoms with Crippen LogP contribution in [0.25, 0.3) is 0 Å². The number of methoxy groups -OCH3 is 1. The van der Waals surface area contributed by atoms with Gasteiger partial charge in [0.2, 0.25) is 0 Å². The molecule has 0 aromatic heterocycles. The first-order chi connectivity index (χ1) is 6.85. The van der Waals surface area contributed by atoms with Gasteiger partial charge in [0.05, 0.1) is 12.7 Å². The maximum Gasteiger partial charge on any atom is 0.157 e. The van der Waals surface area contributed by atoms with Gasteiger partial charge in [-0.3, -0.25) is 0 Å². The van der Waals surface area contributed by atoms with Crippen molar-refractivity contribution in [1.29, 1.82) is 0 Å². The maximum atomic E-state index is 8.72. The first kappa shape index (κ1) is 10.1. The molecule has 0 spiro atoms. The largest absolute Gasteiger partial charge is 0.392 e. The molecule has 3 nitrogen and oxygen atoms in total. The molecule has 3 heteroatoms. The molecule has 4 atom stereocenters. The molecule has 2 aliphatic rings. The normalized spacial score (nSPS) is 42.1. The van der Waals surface area contributed by atoms with Gasteiger partial charge in [-0.1, -0.05) is 12.2 Å². The lowest BCUT2D eigenvalue weighted by Crippen LogP contribution is -2.12. The van der Waals surface area contributed by atoms with Crippen LogP contribution in [0, 0.1) is 11.8 Å². The Morgan fingerprint density at radius 2 is 2.36 bits per heavy atom. The van der Waals surface area contributed by atoms with Crippen LogP contribution < -0.4 is 0 Å². The molecule has 1 heterocycles. The molecule has 0 radical (unpaired) electrons. The standard InChI is InChI=1S/C11H18O3/c1-13-11-7-9-8(3-2-6-12)4-5-10(9)14-11/h2-3,8-12H,4-7H2,1H3/b3-2+. The molecular weight excluding hydrogens is 180 g/mol. The van der Waals surface area contributed by atoms with E-state index in [0.29, 0.717) is 17.9 Å². The fraction of sp³-hybridized carbons (Fsp3) is 0.818. The third-order valence-corrected chi connectivity index (χ3v) is 3.35. The topological polar surface area (TPSA) is 38.7 Å². The molecule has 1 saturated carbocycles. The van der Waals surface area contributed by atoms with Crippen molar-refractivity contribution in [2.45, 2.75) is 31.7 Å². The van der Waals surface area contributed by atoms with E-state index in [4.69, 9.17) is 14.6 Å². The van der Waals surface area contributed by atoms with Crippen molar-refractivity contribution in [3.8, 4) is 0 Å². The molecular formula is C11H18O3. The number of fused-ring (bicyclic) bond motifs is 1. The second kappa shape index (κ2) is 4.43. The van der Waals surface area contributed by atoms with Gasteiger partial charge in [0.25, 0.3) is 0 Å². The lowest BCUT2D eigenvalue weighted by atomic mass is 9.93. The van der Waals surface area contributed by atoms with E-state index in [0.717, 1.165) is 12.8 Å². The van der Waals surface area contributed by atoms with Crippen LogP contribution in [0.15, 0.2) is 12.2 Å². The maximum absolute atomic E-state index is 8.72. The molecule has 1 aliphatic carbocycles. The first-order valence-electron chi connectivity index (χ1n) is 5.31. The van der Waals surface area contributed by atoms with Crippen LogP contribution in [0.4, 0.5) is 0 Å². The molecule has 1 saturated heterocycles. The van der Waals surface area contributed by atoms with E-state index in [1.165, 1.54) is 6.42 Å². The van der Waals surface area contributed by atoms with Gasteiger partial charge in [0.15, 0.2) is 6.29 Å². The summed E-state index contributed by atoms with van der Waals surface area (Å²) in [6.45, 7) is 0.141. The highest BCUT2D eigenvalue weighted by atomic mass is 16.7.